The highest BCUT2D eigenvalue weighted by Gasteiger charge is 2.27. The van der Waals surface area contributed by atoms with Gasteiger partial charge in [-0.3, -0.25) is 0 Å². The van der Waals surface area contributed by atoms with E-state index in [1.165, 1.54) is 22.8 Å². The monoisotopic (exact) mass is 201 g/mol. The van der Waals surface area contributed by atoms with Gasteiger partial charge in [0.1, 0.15) is 6.33 Å². The van der Waals surface area contributed by atoms with Crippen LogP contribution in [0.1, 0.15) is 0 Å². The Labute approximate surface area is 79.5 Å². The van der Waals surface area contributed by atoms with E-state index in [0.29, 0.717) is 11.7 Å². The molecule has 0 aromatic carbocycles. The number of aliphatic hydroxyl groups is 1. The van der Waals surface area contributed by atoms with Gasteiger partial charge >= 0.3 is 0 Å². The molecule has 0 radical (unpaired) electrons. The first-order chi connectivity index (χ1) is 6.27. The van der Waals surface area contributed by atoms with Crippen molar-refractivity contribution in [3.05, 3.63) is 6.33 Å². The average molecular weight is 201 g/mol. The molecule has 2 atom stereocenters. The molecule has 0 spiro atoms. The fourth-order valence-corrected chi connectivity index (χ4v) is 2.20. The van der Waals surface area contributed by atoms with Gasteiger partial charge in [-0.25, -0.2) is 4.68 Å². The zero-order valence-corrected chi connectivity index (χ0v) is 7.74. The summed E-state index contributed by atoms with van der Waals surface area (Å²) in [5.41, 5.74) is 0. The lowest BCUT2D eigenvalue weighted by molar-refractivity contribution is 0.201. The van der Waals surface area contributed by atoms with E-state index < -0.39 is 0 Å². The fraction of sp³-hybridized carbons (Fsp3) is 0.667. The van der Waals surface area contributed by atoms with Gasteiger partial charge in [0.25, 0.3) is 0 Å². The predicted octanol–water partition coefficient (Wildman–Crippen LogP) is -1.58. The summed E-state index contributed by atoms with van der Waals surface area (Å²) in [6.07, 6.45) is 1.11. The second-order valence-corrected chi connectivity index (χ2v) is 4.11. The van der Waals surface area contributed by atoms with Crippen LogP contribution in [0.3, 0.4) is 0 Å². The molecule has 1 aromatic rings. The molecule has 1 fully saturated rings. The topological polar surface area (TPSA) is 89.0 Å². The van der Waals surface area contributed by atoms with Gasteiger partial charge in [0, 0.05) is 13.1 Å². The standard InChI is InChI=1S/C6H11N5OS/c7-11-3-9-10-6(11)13-5-2-8-1-4(5)12/h3-5,8,12H,1-2,7H2. The molecule has 4 N–H and O–H groups in total. The maximum Gasteiger partial charge on any atom is 0.209 e. The SMILES string of the molecule is Nn1cnnc1SC1CNCC1O. The highest BCUT2D eigenvalue weighted by atomic mass is 32.2. The van der Waals surface area contributed by atoms with Crippen molar-refractivity contribution in [1.82, 2.24) is 20.2 Å². The number of nitrogens with one attached hydrogen (secondary N) is 1. The molecular weight excluding hydrogens is 190 g/mol. The minimum Gasteiger partial charge on any atom is -0.391 e. The summed E-state index contributed by atoms with van der Waals surface area (Å²) >= 11 is 1.44. The largest absolute Gasteiger partial charge is 0.391 e. The van der Waals surface area contributed by atoms with Gasteiger partial charge in [-0.05, 0) is 0 Å². The van der Waals surface area contributed by atoms with Crippen LogP contribution in [0.5, 0.6) is 0 Å². The summed E-state index contributed by atoms with van der Waals surface area (Å²) in [6, 6.07) is 0. The van der Waals surface area contributed by atoms with Crippen LogP contribution in [0, 0.1) is 0 Å². The molecule has 0 bridgehead atoms. The number of nitrogen functional groups attached to an aromatic ring is 1. The Morgan fingerprint density at radius 2 is 2.54 bits per heavy atom. The molecule has 1 aliphatic heterocycles. The molecule has 1 saturated heterocycles. The second kappa shape index (κ2) is 3.52. The smallest absolute Gasteiger partial charge is 0.209 e. The van der Waals surface area contributed by atoms with Crippen LogP contribution in [0.25, 0.3) is 0 Å². The molecule has 0 aliphatic carbocycles. The van der Waals surface area contributed by atoms with E-state index in [0.717, 1.165) is 6.54 Å². The molecule has 72 valence electrons. The number of nitrogens with two attached hydrogens (primary N) is 1. The van der Waals surface area contributed by atoms with Crippen molar-refractivity contribution in [3.8, 4) is 0 Å². The number of rotatable bonds is 2. The third-order valence-electron chi connectivity index (χ3n) is 1.93. The predicted molar refractivity (Wildman–Crippen MR) is 48.7 cm³/mol. The first kappa shape index (κ1) is 8.79. The lowest BCUT2D eigenvalue weighted by atomic mass is 10.3. The Hall–Kier alpha value is -0.790. The van der Waals surface area contributed by atoms with Gasteiger partial charge in [-0.2, -0.15) is 0 Å². The van der Waals surface area contributed by atoms with Crippen LogP contribution in [0.2, 0.25) is 0 Å². The fourth-order valence-electron chi connectivity index (χ4n) is 1.21. The van der Waals surface area contributed by atoms with Crippen LogP contribution in [-0.2, 0) is 0 Å². The quantitative estimate of drug-likeness (QED) is 0.500. The van der Waals surface area contributed by atoms with E-state index in [2.05, 4.69) is 15.5 Å². The van der Waals surface area contributed by atoms with Gasteiger partial charge in [0.2, 0.25) is 5.16 Å². The van der Waals surface area contributed by atoms with Crippen molar-refractivity contribution in [1.29, 1.82) is 0 Å². The number of nitrogens with zero attached hydrogens (tertiary/aromatic N) is 3. The molecule has 2 heterocycles. The average Bonchev–Trinajstić information content (AvgIpc) is 2.65. The van der Waals surface area contributed by atoms with E-state index >= 15 is 0 Å². The third-order valence-corrected chi connectivity index (χ3v) is 3.21. The Morgan fingerprint density at radius 1 is 1.69 bits per heavy atom. The number of aliphatic hydroxyl groups excluding tert-OH is 1. The molecule has 0 saturated carbocycles. The van der Waals surface area contributed by atoms with Gasteiger partial charge in [-0.15, -0.1) is 10.2 Å². The van der Waals surface area contributed by atoms with E-state index in [4.69, 9.17) is 5.84 Å². The van der Waals surface area contributed by atoms with Crippen molar-refractivity contribution in [2.24, 2.45) is 0 Å². The summed E-state index contributed by atoms with van der Waals surface area (Å²) in [6.45, 7) is 1.41. The molecular formula is C6H11N5OS. The van der Waals surface area contributed by atoms with Crippen molar-refractivity contribution in [3.63, 3.8) is 0 Å². The number of thioether (sulfide) groups is 1. The lowest BCUT2D eigenvalue weighted by Crippen LogP contribution is -2.21. The van der Waals surface area contributed by atoms with Crippen LogP contribution in [-0.4, -0.2) is 44.4 Å². The molecule has 13 heavy (non-hydrogen) atoms. The van der Waals surface area contributed by atoms with Crippen molar-refractivity contribution < 1.29 is 5.11 Å². The van der Waals surface area contributed by atoms with Crippen LogP contribution in [0.15, 0.2) is 11.5 Å². The highest BCUT2D eigenvalue weighted by Crippen LogP contribution is 2.24. The minimum absolute atomic E-state index is 0.117. The van der Waals surface area contributed by atoms with Crippen molar-refractivity contribution in [2.75, 3.05) is 18.9 Å². The summed E-state index contributed by atoms with van der Waals surface area (Å²) in [5, 5.41) is 20.8. The van der Waals surface area contributed by atoms with Crippen molar-refractivity contribution in [2.45, 2.75) is 16.5 Å². The van der Waals surface area contributed by atoms with E-state index in [-0.39, 0.29) is 11.4 Å². The van der Waals surface area contributed by atoms with E-state index in [1.54, 1.807) is 0 Å². The second-order valence-electron chi connectivity index (χ2n) is 2.90. The first-order valence-electron chi connectivity index (χ1n) is 3.98. The molecule has 2 unspecified atom stereocenters. The molecule has 2 rings (SSSR count). The summed E-state index contributed by atoms with van der Waals surface area (Å²) < 4.78 is 1.36. The lowest BCUT2D eigenvalue weighted by Gasteiger charge is -2.10. The van der Waals surface area contributed by atoms with Gasteiger partial charge in [0.05, 0.1) is 11.4 Å². The molecule has 0 amide bonds. The molecule has 1 aromatic heterocycles. The Kier molecular flexibility index (Phi) is 2.38. The first-order valence-corrected chi connectivity index (χ1v) is 4.86. The third kappa shape index (κ3) is 1.77. The number of hydrogen-bond donors (Lipinski definition) is 3. The Balaban J connectivity index is 2.01. The number of aromatic nitrogens is 3. The Morgan fingerprint density at radius 3 is 3.08 bits per heavy atom. The summed E-state index contributed by atoms with van der Waals surface area (Å²) in [5.74, 6) is 5.53. The van der Waals surface area contributed by atoms with Crippen molar-refractivity contribution >= 4 is 11.8 Å². The molecule has 1 aliphatic rings. The van der Waals surface area contributed by atoms with Crippen LogP contribution >= 0.6 is 11.8 Å². The molecule has 7 heteroatoms. The normalized spacial score (nSPS) is 28.1. The zero-order valence-electron chi connectivity index (χ0n) is 6.92. The molecule has 6 nitrogen and oxygen atoms in total. The maximum atomic E-state index is 9.50. The van der Waals surface area contributed by atoms with Crippen LogP contribution in [0.4, 0.5) is 0 Å². The summed E-state index contributed by atoms with van der Waals surface area (Å²) in [7, 11) is 0. The number of β-amino-alcohol motifs (C(OH)–C–C–N with tert-alkyl or cyclic N) is 1. The van der Waals surface area contributed by atoms with Gasteiger partial charge in [0.15, 0.2) is 0 Å². The van der Waals surface area contributed by atoms with Gasteiger partial charge in [-0.1, -0.05) is 11.8 Å². The van der Waals surface area contributed by atoms with Crippen LogP contribution < -0.4 is 11.2 Å². The van der Waals surface area contributed by atoms with E-state index in [1.807, 2.05) is 0 Å². The Bertz CT molecular complexity index is 290. The van der Waals surface area contributed by atoms with Gasteiger partial charge < -0.3 is 16.3 Å². The maximum absolute atomic E-state index is 9.50. The highest BCUT2D eigenvalue weighted by molar-refractivity contribution is 7.99. The summed E-state index contributed by atoms with van der Waals surface area (Å²) in [4.78, 5) is 0. The number of hydrogen-bond acceptors (Lipinski definition) is 6. The zero-order chi connectivity index (χ0) is 9.26. The van der Waals surface area contributed by atoms with E-state index in [9.17, 15) is 5.11 Å². The minimum atomic E-state index is -0.332.